The highest BCUT2D eigenvalue weighted by Crippen LogP contribution is 2.25. The summed E-state index contributed by atoms with van der Waals surface area (Å²) in [6.07, 6.45) is 0. The van der Waals surface area contributed by atoms with Crippen molar-refractivity contribution in [3.8, 4) is 5.75 Å². The van der Waals surface area contributed by atoms with Gasteiger partial charge in [0, 0.05) is 10.6 Å². The molecule has 0 saturated heterocycles. The summed E-state index contributed by atoms with van der Waals surface area (Å²) in [5.74, 6) is 0.908. The summed E-state index contributed by atoms with van der Waals surface area (Å²) in [5.41, 5.74) is 9.24. The van der Waals surface area contributed by atoms with Crippen molar-refractivity contribution >= 4 is 17.4 Å². The number of ether oxygens (including phenoxy) is 1. The second-order valence-electron chi connectivity index (χ2n) is 4.77. The molecule has 2 aromatic rings. The zero-order valence-corrected chi connectivity index (χ0v) is 12.3. The molecule has 0 aliphatic rings. The monoisotopic (exact) mass is 288 g/mol. The summed E-state index contributed by atoms with van der Waals surface area (Å²) in [6, 6.07) is 11.3. The van der Waals surface area contributed by atoms with Gasteiger partial charge in [-0.1, -0.05) is 23.7 Å². The third-order valence-electron chi connectivity index (χ3n) is 3.07. The number of benzene rings is 2. The molecule has 0 radical (unpaired) electrons. The van der Waals surface area contributed by atoms with Crippen LogP contribution < -0.4 is 10.5 Å². The molecule has 0 unspecified atom stereocenters. The molecule has 2 rings (SSSR count). The third kappa shape index (κ3) is 3.31. The summed E-state index contributed by atoms with van der Waals surface area (Å²) in [6.45, 7) is 4.39. The molecule has 0 spiro atoms. The Balaban J connectivity index is 2.17. The smallest absolute Gasteiger partial charge is 0.125 e. The van der Waals surface area contributed by atoms with Crippen LogP contribution in [0.2, 0.25) is 5.02 Å². The van der Waals surface area contributed by atoms with Crippen LogP contribution in [0.1, 0.15) is 22.3 Å². The van der Waals surface area contributed by atoms with Crippen molar-refractivity contribution in [2.45, 2.75) is 20.5 Å². The highest BCUT2D eigenvalue weighted by molar-refractivity contribution is 6.30. The van der Waals surface area contributed by atoms with E-state index in [2.05, 4.69) is 0 Å². The summed E-state index contributed by atoms with van der Waals surface area (Å²) >= 11 is 5.85. The van der Waals surface area contributed by atoms with Gasteiger partial charge < -0.3 is 10.5 Å². The summed E-state index contributed by atoms with van der Waals surface area (Å²) in [7, 11) is 0. The van der Waals surface area contributed by atoms with E-state index in [0.29, 0.717) is 11.6 Å². The first-order chi connectivity index (χ1) is 9.47. The van der Waals surface area contributed by atoms with Gasteiger partial charge in [0.25, 0.3) is 0 Å². The number of hydrogen-bond acceptors (Lipinski definition) is 2. The van der Waals surface area contributed by atoms with E-state index in [1.165, 1.54) is 0 Å². The Hall–Kier alpha value is -2.00. The first kappa shape index (κ1) is 14.4. The Morgan fingerprint density at radius 1 is 1.15 bits per heavy atom. The van der Waals surface area contributed by atoms with E-state index in [-0.39, 0.29) is 5.84 Å². The van der Waals surface area contributed by atoms with Gasteiger partial charge in [-0.2, -0.15) is 0 Å². The fourth-order valence-corrected chi connectivity index (χ4v) is 2.20. The largest absolute Gasteiger partial charge is 0.488 e. The van der Waals surface area contributed by atoms with Gasteiger partial charge in [0.05, 0.1) is 0 Å². The number of halogens is 1. The van der Waals surface area contributed by atoms with Crippen LogP contribution >= 0.6 is 11.6 Å². The van der Waals surface area contributed by atoms with E-state index in [9.17, 15) is 0 Å². The van der Waals surface area contributed by atoms with Crippen LogP contribution in [-0.2, 0) is 6.61 Å². The molecule has 104 valence electrons. The van der Waals surface area contributed by atoms with Gasteiger partial charge in [0.1, 0.15) is 18.2 Å². The number of aryl methyl sites for hydroxylation is 2. The number of nitrogen functional groups attached to an aromatic ring is 1. The van der Waals surface area contributed by atoms with Crippen LogP contribution in [0.25, 0.3) is 0 Å². The van der Waals surface area contributed by atoms with E-state index in [1.54, 1.807) is 0 Å². The third-order valence-corrected chi connectivity index (χ3v) is 3.32. The molecule has 0 atom stereocenters. The van der Waals surface area contributed by atoms with Crippen molar-refractivity contribution < 1.29 is 4.74 Å². The van der Waals surface area contributed by atoms with Crippen molar-refractivity contribution in [3.63, 3.8) is 0 Å². The lowest BCUT2D eigenvalue weighted by atomic mass is 10.1. The predicted octanol–water partition coefficient (Wildman–Crippen LogP) is 3.82. The van der Waals surface area contributed by atoms with Crippen LogP contribution in [0.4, 0.5) is 0 Å². The Morgan fingerprint density at radius 2 is 1.70 bits per heavy atom. The first-order valence-electron chi connectivity index (χ1n) is 6.30. The van der Waals surface area contributed by atoms with Crippen LogP contribution in [-0.4, -0.2) is 5.84 Å². The fourth-order valence-electron chi connectivity index (χ4n) is 2.07. The molecule has 4 heteroatoms. The first-order valence-corrected chi connectivity index (χ1v) is 6.68. The minimum atomic E-state index is 0.0699. The van der Waals surface area contributed by atoms with E-state index in [0.717, 1.165) is 28.0 Å². The molecule has 3 nitrogen and oxygen atoms in total. The minimum Gasteiger partial charge on any atom is -0.488 e. The fraction of sp³-hybridized carbons (Fsp3) is 0.188. The summed E-state index contributed by atoms with van der Waals surface area (Å²) in [5, 5.41) is 8.19. The van der Waals surface area contributed by atoms with Crippen molar-refractivity contribution in [2.75, 3.05) is 0 Å². The van der Waals surface area contributed by atoms with Gasteiger partial charge in [0.2, 0.25) is 0 Å². The average Bonchev–Trinajstić information content (AvgIpc) is 2.39. The van der Waals surface area contributed by atoms with Crippen molar-refractivity contribution in [1.82, 2.24) is 0 Å². The molecule has 0 saturated carbocycles. The zero-order chi connectivity index (χ0) is 14.7. The van der Waals surface area contributed by atoms with E-state index in [1.807, 2.05) is 50.2 Å². The van der Waals surface area contributed by atoms with E-state index in [4.69, 9.17) is 27.5 Å². The van der Waals surface area contributed by atoms with Crippen molar-refractivity contribution in [3.05, 3.63) is 63.7 Å². The quantitative estimate of drug-likeness (QED) is 0.664. The molecule has 20 heavy (non-hydrogen) atoms. The second-order valence-corrected chi connectivity index (χ2v) is 5.20. The molecular formula is C16H17ClN2O. The maximum atomic E-state index is 7.48. The average molecular weight is 289 g/mol. The molecule has 0 aromatic heterocycles. The van der Waals surface area contributed by atoms with Crippen LogP contribution in [0.3, 0.4) is 0 Å². The Kier molecular flexibility index (Phi) is 4.30. The molecule has 0 fully saturated rings. The Labute approximate surface area is 123 Å². The van der Waals surface area contributed by atoms with Crippen LogP contribution in [0.15, 0.2) is 36.4 Å². The molecule has 0 aliphatic carbocycles. The van der Waals surface area contributed by atoms with Crippen LogP contribution in [0, 0.1) is 19.3 Å². The van der Waals surface area contributed by atoms with Crippen molar-refractivity contribution in [2.24, 2.45) is 5.73 Å². The summed E-state index contributed by atoms with van der Waals surface area (Å²) in [4.78, 5) is 0. The van der Waals surface area contributed by atoms with Gasteiger partial charge in [0.15, 0.2) is 0 Å². The molecule has 0 bridgehead atoms. The zero-order valence-electron chi connectivity index (χ0n) is 11.5. The standard InChI is InChI=1S/C16H17ClN2O/c1-10-7-13(16(18)19)8-11(2)15(10)20-9-12-3-5-14(17)6-4-12/h3-8H,9H2,1-2H3,(H3,18,19). The lowest BCUT2D eigenvalue weighted by Gasteiger charge is -2.14. The maximum Gasteiger partial charge on any atom is 0.125 e. The van der Waals surface area contributed by atoms with E-state index >= 15 is 0 Å². The number of amidine groups is 1. The number of nitrogens with two attached hydrogens (primary N) is 1. The number of rotatable bonds is 4. The van der Waals surface area contributed by atoms with Gasteiger partial charge in [-0.3, -0.25) is 5.41 Å². The second kappa shape index (κ2) is 5.97. The summed E-state index contributed by atoms with van der Waals surface area (Å²) < 4.78 is 5.87. The van der Waals surface area contributed by atoms with E-state index < -0.39 is 0 Å². The molecule has 0 amide bonds. The van der Waals surface area contributed by atoms with Gasteiger partial charge >= 0.3 is 0 Å². The highest BCUT2D eigenvalue weighted by Gasteiger charge is 2.08. The SMILES string of the molecule is Cc1cc(C(=N)N)cc(C)c1OCc1ccc(Cl)cc1. The van der Waals surface area contributed by atoms with Gasteiger partial charge in [-0.25, -0.2) is 0 Å². The lowest BCUT2D eigenvalue weighted by Crippen LogP contribution is -2.12. The Bertz CT molecular complexity index is 612. The van der Waals surface area contributed by atoms with Crippen LogP contribution in [0.5, 0.6) is 5.75 Å². The molecular weight excluding hydrogens is 272 g/mol. The van der Waals surface area contributed by atoms with Crippen molar-refractivity contribution in [1.29, 1.82) is 5.41 Å². The number of nitrogens with one attached hydrogen (secondary N) is 1. The molecule has 2 aromatic carbocycles. The topological polar surface area (TPSA) is 59.1 Å². The van der Waals surface area contributed by atoms with Gasteiger partial charge in [-0.15, -0.1) is 0 Å². The Morgan fingerprint density at radius 3 is 2.20 bits per heavy atom. The van der Waals surface area contributed by atoms with Gasteiger partial charge in [-0.05, 0) is 54.8 Å². The molecule has 0 heterocycles. The molecule has 3 N–H and O–H groups in total. The normalized spacial score (nSPS) is 10.3. The molecule has 0 aliphatic heterocycles. The lowest BCUT2D eigenvalue weighted by molar-refractivity contribution is 0.302. The predicted molar refractivity (Wildman–Crippen MR) is 82.7 cm³/mol. The maximum absolute atomic E-state index is 7.48. The number of hydrogen-bond donors (Lipinski definition) is 2. The highest BCUT2D eigenvalue weighted by atomic mass is 35.5. The minimum absolute atomic E-state index is 0.0699.